The van der Waals surface area contributed by atoms with Crippen molar-refractivity contribution in [2.24, 2.45) is 40.4 Å². The second kappa shape index (κ2) is 8.11. The summed E-state index contributed by atoms with van der Waals surface area (Å²) in [7, 11) is 1.86. The molecule has 3 N–H and O–H groups in total. The van der Waals surface area contributed by atoms with Gasteiger partial charge in [0, 0.05) is 26.1 Å². The first-order chi connectivity index (χ1) is 14.5. The number of ketones is 1. The van der Waals surface area contributed by atoms with E-state index in [2.05, 4.69) is 17.8 Å². The van der Waals surface area contributed by atoms with Crippen LogP contribution >= 0.6 is 0 Å². The Morgan fingerprint density at radius 3 is 2.63 bits per heavy atom. The molecule has 1 heterocycles. The summed E-state index contributed by atoms with van der Waals surface area (Å²) in [6, 6.07) is 0. The second-order valence-electron chi connectivity index (χ2n) is 11.3. The summed E-state index contributed by atoms with van der Waals surface area (Å²) in [6.45, 7) is 5.57. The van der Waals surface area contributed by atoms with Gasteiger partial charge in [-0.25, -0.2) is 10.9 Å². The molecule has 30 heavy (non-hydrogen) atoms. The van der Waals surface area contributed by atoms with Gasteiger partial charge in [0.1, 0.15) is 0 Å². The first-order valence-corrected chi connectivity index (χ1v) is 12.4. The number of aliphatic hydroxyl groups excluding tert-OH is 1. The number of carbonyl (C=O) groups is 1. The van der Waals surface area contributed by atoms with Crippen LogP contribution in [0.15, 0.2) is 0 Å². The van der Waals surface area contributed by atoms with Crippen molar-refractivity contribution in [3.8, 4) is 0 Å². The lowest BCUT2D eigenvalue weighted by Gasteiger charge is -2.61. The van der Waals surface area contributed by atoms with Crippen LogP contribution in [0.25, 0.3) is 0 Å². The van der Waals surface area contributed by atoms with Gasteiger partial charge in [-0.3, -0.25) is 4.79 Å². The van der Waals surface area contributed by atoms with E-state index in [0.29, 0.717) is 30.1 Å². The fourth-order valence-electron chi connectivity index (χ4n) is 8.92. The number of hydrazine groups is 2. The number of fused-ring (bicyclic) bond motifs is 5. The van der Waals surface area contributed by atoms with Crippen LogP contribution in [0, 0.1) is 40.4 Å². The Labute approximate surface area is 181 Å². The van der Waals surface area contributed by atoms with Crippen LogP contribution in [0.3, 0.4) is 0 Å². The summed E-state index contributed by atoms with van der Waals surface area (Å²) >= 11 is 0. The quantitative estimate of drug-likeness (QED) is 0.636. The van der Waals surface area contributed by atoms with Gasteiger partial charge in [-0.2, -0.15) is 5.12 Å². The lowest BCUT2D eigenvalue weighted by Crippen LogP contribution is -2.57. The summed E-state index contributed by atoms with van der Waals surface area (Å²) in [5, 5.41) is 12.2. The smallest absolute Gasteiger partial charge is 0.153 e. The molecule has 0 radical (unpaired) electrons. The molecule has 0 aromatic rings. The van der Waals surface area contributed by atoms with Crippen molar-refractivity contribution >= 4 is 5.78 Å². The molecular formula is C24H41N3O3. The SMILES string of the molecule is COCC12CCC(O)CC1CCC1C3CCC(C(=O)CN4NCCN4)C3(C)CCC12. The zero-order chi connectivity index (χ0) is 20.9. The summed E-state index contributed by atoms with van der Waals surface area (Å²) in [6.07, 6.45) is 10.1. The first kappa shape index (κ1) is 21.3. The minimum Gasteiger partial charge on any atom is -0.393 e. The Kier molecular flexibility index (Phi) is 5.76. The van der Waals surface area contributed by atoms with Crippen molar-refractivity contribution in [3.63, 3.8) is 0 Å². The largest absolute Gasteiger partial charge is 0.393 e. The van der Waals surface area contributed by atoms with Crippen LogP contribution in [0.1, 0.15) is 64.7 Å². The number of methoxy groups -OCH3 is 1. The van der Waals surface area contributed by atoms with E-state index in [4.69, 9.17) is 4.74 Å². The molecule has 1 aliphatic heterocycles. The molecule has 5 fully saturated rings. The Morgan fingerprint density at radius 2 is 1.87 bits per heavy atom. The van der Waals surface area contributed by atoms with Crippen LogP contribution in [0.2, 0.25) is 0 Å². The normalized spacial score (nSPS) is 48.8. The van der Waals surface area contributed by atoms with E-state index in [1.54, 1.807) is 0 Å². The van der Waals surface area contributed by atoms with E-state index in [-0.39, 0.29) is 22.9 Å². The van der Waals surface area contributed by atoms with Crippen LogP contribution in [0.5, 0.6) is 0 Å². The Morgan fingerprint density at radius 1 is 1.07 bits per heavy atom. The molecule has 0 aromatic carbocycles. The van der Waals surface area contributed by atoms with Crippen LogP contribution < -0.4 is 10.9 Å². The molecule has 5 aliphatic rings. The van der Waals surface area contributed by atoms with Gasteiger partial charge in [0.25, 0.3) is 0 Å². The average Bonchev–Trinajstić information content (AvgIpc) is 3.35. The number of hydrogen-bond acceptors (Lipinski definition) is 6. The van der Waals surface area contributed by atoms with E-state index in [9.17, 15) is 9.90 Å². The highest BCUT2D eigenvalue weighted by atomic mass is 16.5. The maximum Gasteiger partial charge on any atom is 0.153 e. The van der Waals surface area contributed by atoms with Crippen molar-refractivity contribution in [2.45, 2.75) is 70.8 Å². The van der Waals surface area contributed by atoms with Gasteiger partial charge in [-0.15, -0.1) is 0 Å². The zero-order valence-electron chi connectivity index (χ0n) is 18.9. The molecule has 8 unspecified atom stereocenters. The number of ether oxygens (including phenoxy) is 1. The summed E-state index contributed by atoms with van der Waals surface area (Å²) in [5.41, 5.74) is 6.94. The van der Waals surface area contributed by atoms with E-state index >= 15 is 0 Å². The summed E-state index contributed by atoms with van der Waals surface area (Å²) in [5.74, 6) is 3.34. The minimum atomic E-state index is -0.119. The van der Waals surface area contributed by atoms with Gasteiger partial charge in [-0.05, 0) is 92.3 Å². The number of Topliss-reactive ketones (excluding diaryl/α,β-unsaturated/α-hetero) is 1. The predicted octanol–water partition coefficient (Wildman–Crippen LogP) is 2.53. The lowest BCUT2D eigenvalue weighted by atomic mass is 9.44. The number of nitrogens with zero attached hydrogens (tertiary/aromatic N) is 1. The molecule has 4 saturated carbocycles. The van der Waals surface area contributed by atoms with Crippen molar-refractivity contribution in [1.82, 2.24) is 16.0 Å². The standard InChI is InChI=1S/C24H41N3O3/c1-23-9-8-20-18(4-3-16-13-17(28)7-10-24(16,20)15-30-2)19(23)5-6-21(23)22(29)14-27-25-11-12-26-27/h16-21,25-26,28H,3-15H2,1-2H3. The molecule has 6 heteroatoms. The topological polar surface area (TPSA) is 73.8 Å². The summed E-state index contributed by atoms with van der Waals surface area (Å²) in [4.78, 5) is 13.3. The molecule has 4 aliphatic carbocycles. The Hall–Kier alpha value is -0.530. The number of nitrogens with one attached hydrogen (secondary N) is 2. The Balaban J connectivity index is 1.35. The minimum absolute atomic E-state index is 0.119. The average molecular weight is 420 g/mol. The molecule has 0 bridgehead atoms. The van der Waals surface area contributed by atoms with Crippen LogP contribution in [-0.4, -0.2) is 55.5 Å². The Bertz CT molecular complexity index is 654. The van der Waals surface area contributed by atoms with Gasteiger partial charge in [0.2, 0.25) is 0 Å². The second-order valence-corrected chi connectivity index (χ2v) is 11.3. The fourth-order valence-corrected chi connectivity index (χ4v) is 8.92. The van der Waals surface area contributed by atoms with Crippen molar-refractivity contribution in [2.75, 3.05) is 33.4 Å². The van der Waals surface area contributed by atoms with Crippen molar-refractivity contribution in [1.29, 1.82) is 0 Å². The third-order valence-electron chi connectivity index (χ3n) is 10.2. The molecule has 0 amide bonds. The molecular weight excluding hydrogens is 378 g/mol. The predicted molar refractivity (Wildman–Crippen MR) is 115 cm³/mol. The van der Waals surface area contributed by atoms with Gasteiger partial charge < -0.3 is 9.84 Å². The van der Waals surface area contributed by atoms with E-state index < -0.39 is 0 Å². The third-order valence-corrected chi connectivity index (χ3v) is 10.2. The van der Waals surface area contributed by atoms with Crippen LogP contribution in [0.4, 0.5) is 0 Å². The van der Waals surface area contributed by atoms with E-state index in [1.165, 1.54) is 32.1 Å². The van der Waals surface area contributed by atoms with E-state index in [1.807, 2.05) is 12.2 Å². The zero-order valence-corrected chi connectivity index (χ0v) is 18.9. The van der Waals surface area contributed by atoms with Crippen LogP contribution in [-0.2, 0) is 9.53 Å². The molecule has 0 spiro atoms. The summed E-state index contributed by atoms with van der Waals surface area (Å²) < 4.78 is 5.84. The molecule has 5 rings (SSSR count). The van der Waals surface area contributed by atoms with Crippen molar-refractivity contribution < 1.29 is 14.6 Å². The highest BCUT2D eigenvalue weighted by Gasteiger charge is 2.62. The van der Waals surface area contributed by atoms with Crippen molar-refractivity contribution in [3.05, 3.63) is 0 Å². The first-order valence-electron chi connectivity index (χ1n) is 12.4. The third kappa shape index (κ3) is 3.29. The maximum atomic E-state index is 13.3. The van der Waals surface area contributed by atoms with Gasteiger partial charge in [0.05, 0.1) is 19.3 Å². The van der Waals surface area contributed by atoms with Gasteiger partial charge >= 0.3 is 0 Å². The number of hydrogen-bond donors (Lipinski definition) is 3. The lowest BCUT2D eigenvalue weighted by molar-refractivity contribution is -0.161. The maximum absolute atomic E-state index is 13.3. The number of aliphatic hydroxyl groups is 1. The van der Waals surface area contributed by atoms with Gasteiger partial charge in [-0.1, -0.05) is 6.92 Å². The molecule has 0 aromatic heterocycles. The monoisotopic (exact) mass is 419 g/mol. The highest BCUT2D eigenvalue weighted by Crippen LogP contribution is 2.67. The molecule has 1 saturated heterocycles. The molecule has 170 valence electrons. The molecule has 6 nitrogen and oxygen atoms in total. The van der Waals surface area contributed by atoms with E-state index in [0.717, 1.165) is 51.3 Å². The fraction of sp³-hybridized carbons (Fsp3) is 0.958. The van der Waals surface area contributed by atoms with Gasteiger partial charge in [0.15, 0.2) is 5.78 Å². The highest BCUT2D eigenvalue weighted by molar-refractivity contribution is 5.84. The molecule has 8 atom stereocenters. The number of rotatable bonds is 5. The number of carbonyl (C=O) groups excluding carboxylic acids is 1.